The third kappa shape index (κ3) is 2.53. The highest BCUT2D eigenvalue weighted by Crippen LogP contribution is 2.23. The zero-order valence-electron chi connectivity index (χ0n) is 11.6. The minimum absolute atomic E-state index is 0.0784. The van der Waals surface area contributed by atoms with Crippen LogP contribution < -0.4 is 10.2 Å². The summed E-state index contributed by atoms with van der Waals surface area (Å²) in [6.45, 7) is 1.93. The molecule has 0 aliphatic carbocycles. The van der Waals surface area contributed by atoms with Crippen LogP contribution in [-0.4, -0.2) is 22.8 Å². The van der Waals surface area contributed by atoms with E-state index in [2.05, 4.69) is 10.3 Å². The van der Waals surface area contributed by atoms with Gasteiger partial charge in [-0.15, -0.1) is 11.3 Å². The summed E-state index contributed by atoms with van der Waals surface area (Å²) in [4.78, 5) is 43.0. The van der Waals surface area contributed by atoms with Gasteiger partial charge in [0.2, 0.25) is 0 Å². The molecular formula is C15H11N3O3S. The van der Waals surface area contributed by atoms with Gasteiger partial charge in [0.15, 0.2) is 0 Å². The Balaban J connectivity index is 2.01. The molecule has 2 aromatic rings. The number of anilines is 1. The molecule has 6 nitrogen and oxygen atoms in total. The zero-order chi connectivity index (χ0) is 15.7. The van der Waals surface area contributed by atoms with Crippen molar-refractivity contribution in [2.75, 3.05) is 4.90 Å². The van der Waals surface area contributed by atoms with Crippen molar-refractivity contribution in [2.45, 2.75) is 6.92 Å². The molecule has 1 fully saturated rings. The van der Waals surface area contributed by atoms with Crippen LogP contribution in [-0.2, 0) is 9.59 Å². The largest absolute Gasteiger partial charge is 0.336 e. The molecule has 1 N–H and O–H groups in total. The van der Waals surface area contributed by atoms with Crippen LogP contribution in [0.5, 0.6) is 0 Å². The molecule has 0 saturated carbocycles. The van der Waals surface area contributed by atoms with Crippen LogP contribution in [0.2, 0.25) is 0 Å². The Kier molecular flexibility index (Phi) is 3.56. The first-order valence-corrected chi connectivity index (χ1v) is 7.26. The van der Waals surface area contributed by atoms with Crippen molar-refractivity contribution in [1.82, 2.24) is 10.3 Å². The highest BCUT2D eigenvalue weighted by atomic mass is 32.1. The average Bonchev–Trinajstić information content (AvgIpc) is 2.90. The van der Waals surface area contributed by atoms with Crippen molar-refractivity contribution >= 4 is 40.9 Å². The van der Waals surface area contributed by atoms with Crippen molar-refractivity contribution in [3.63, 3.8) is 0 Å². The number of amides is 4. The van der Waals surface area contributed by atoms with Crippen molar-refractivity contribution < 1.29 is 14.4 Å². The Bertz CT molecular complexity index is 795. The maximum Gasteiger partial charge on any atom is 0.336 e. The Morgan fingerprint density at radius 1 is 1.23 bits per heavy atom. The fourth-order valence-corrected chi connectivity index (χ4v) is 2.87. The van der Waals surface area contributed by atoms with E-state index in [4.69, 9.17) is 0 Å². The monoisotopic (exact) mass is 313 g/mol. The zero-order valence-corrected chi connectivity index (χ0v) is 12.4. The van der Waals surface area contributed by atoms with E-state index in [0.29, 0.717) is 5.69 Å². The SMILES string of the molecule is Cc1ccc(/C=C2\C(=O)NC(=O)N(c3cccnc3)C2=O)s1. The predicted octanol–water partition coefficient (Wildman–Crippen LogP) is 2.12. The number of rotatable bonds is 2. The molecule has 110 valence electrons. The summed E-state index contributed by atoms with van der Waals surface area (Å²) in [6, 6.07) is 6.12. The van der Waals surface area contributed by atoms with Crippen molar-refractivity contribution in [2.24, 2.45) is 0 Å². The molecule has 0 bridgehead atoms. The van der Waals surface area contributed by atoms with Gasteiger partial charge in [-0.25, -0.2) is 9.69 Å². The summed E-state index contributed by atoms with van der Waals surface area (Å²) in [5, 5.41) is 2.17. The molecule has 0 spiro atoms. The molecular weight excluding hydrogens is 302 g/mol. The lowest BCUT2D eigenvalue weighted by Crippen LogP contribution is -2.54. The van der Waals surface area contributed by atoms with Gasteiger partial charge in [-0.1, -0.05) is 0 Å². The minimum Gasteiger partial charge on any atom is -0.273 e. The number of nitrogens with zero attached hydrogens (tertiary/aromatic N) is 2. The minimum atomic E-state index is -0.775. The van der Waals surface area contributed by atoms with E-state index < -0.39 is 17.8 Å². The maximum atomic E-state index is 12.5. The molecule has 2 aromatic heterocycles. The number of nitrogens with one attached hydrogen (secondary N) is 1. The number of carbonyl (C=O) groups is 3. The first-order valence-electron chi connectivity index (χ1n) is 6.44. The van der Waals surface area contributed by atoms with Gasteiger partial charge in [0.25, 0.3) is 11.8 Å². The van der Waals surface area contributed by atoms with Crippen molar-refractivity contribution in [3.8, 4) is 0 Å². The summed E-state index contributed by atoms with van der Waals surface area (Å²) in [5.74, 6) is -1.35. The smallest absolute Gasteiger partial charge is 0.273 e. The van der Waals surface area contributed by atoms with Crippen LogP contribution in [0.3, 0.4) is 0 Å². The van der Waals surface area contributed by atoms with E-state index in [0.717, 1.165) is 14.7 Å². The van der Waals surface area contributed by atoms with Gasteiger partial charge in [-0.05, 0) is 37.3 Å². The summed E-state index contributed by atoms with van der Waals surface area (Å²) < 4.78 is 0. The molecule has 0 aromatic carbocycles. The van der Waals surface area contributed by atoms with E-state index in [1.807, 2.05) is 19.1 Å². The van der Waals surface area contributed by atoms with Crippen LogP contribution in [0.15, 0.2) is 42.2 Å². The van der Waals surface area contributed by atoms with Crippen LogP contribution in [0.4, 0.5) is 10.5 Å². The summed E-state index contributed by atoms with van der Waals surface area (Å²) in [6.07, 6.45) is 4.41. The average molecular weight is 313 g/mol. The van der Waals surface area contributed by atoms with Crippen molar-refractivity contribution in [1.29, 1.82) is 0 Å². The van der Waals surface area contributed by atoms with Gasteiger partial charge < -0.3 is 0 Å². The summed E-state index contributed by atoms with van der Waals surface area (Å²) in [5.41, 5.74) is 0.232. The Morgan fingerprint density at radius 2 is 2.05 bits per heavy atom. The number of urea groups is 1. The number of carbonyl (C=O) groups excluding carboxylic acids is 3. The Hall–Kier alpha value is -2.80. The topological polar surface area (TPSA) is 79.4 Å². The fraction of sp³-hybridized carbons (Fsp3) is 0.0667. The first kappa shape index (κ1) is 14.2. The van der Waals surface area contributed by atoms with Gasteiger partial charge in [0, 0.05) is 16.0 Å². The Labute approximate surface area is 130 Å². The number of imide groups is 2. The second-order valence-electron chi connectivity index (χ2n) is 4.62. The highest BCUT2D eigenvalue weighted by Gasteiger charge is 2.36. The third-order valence-electron chi connectivity index (χ3n) is 3.05. The van der Waals surface area contributed by atoms with E-state index in [9.17, 15) is 14.4 Å². The van der Waals surface area contributed by atoms with E-state index in [-0.39, 0.29) is 5.57 Å². The number of hydrogen-bond donors (Lipinski definition) is 1. The van der Waals surface area contributed by atoms with Crippen LogP contribution in [0, 0.1) is 6.92 Å². The van der Waals surface area contributed by atoms with Crippen LogP contribution in [0.25, 0.3) is 6.08 Å². The fourth-order valence-electron chi connectivity index (χ4n) is 2.05. The number of pyridine rings is 1. The summed E-state index contributed by atoms with van der Waals surface area (Å²) in [7, 11) is 0. The number of thiophene rings is 1. The van der Waals surface area contributed by atoms with E-state index >= 15 is 0 Å². The van der Waals surface area contributed by atoms with Crippen LogP contribution >= 0.6 is 11.3 Å². The molecule has 1 aliphatic rings. The molecule has 0 radical (unpaired) electrons. The summed E-state index contributed by atoms with van der Waals surface area (Å²) >= 11 is 1.46. The molecule has 22 heavy (non-hydrogen) atoms. The maximum absolute atomic E-state index is 12.5. The van der Waals surface area contributed by atoms with Gasteiger partial charge in [-0.3, -0.25) is 19.9 Å². The van der Waals surface area contributed by atoms with Gasteiger partial charge >= 0.3 is 6.03 Å². The molecule has 0 unspecified atom stereocenters. The van der Waals surface area contributed by atoms with Crippen molar-refractivity contribution in [3.05, 3.63) is 52.0 Å². The second kappa shape index (κ2) is 5.53. The Morgan fingerprint density at radius 3 is 2.68 bits per heavy atom. The normalized spacial score (nSPS) is 17.0. The number of hydrogen-bond acceptors (Lipinski definition) is 5. The second-order valence-corrected chi connectivity index (χ2v) is 5.94. The molecule has 3 heterocycles. The van der Waals surface area contributed by atoms with Gasteiger partial charge in [0.05, 0.1) is 11.9 Å². The molecule has 1 aliphatic heterocycles. The predicted molar refractivity (Wildman–Crippen MR) is 82.3 cm³/mol. The molecule has 0 atom stereocenters. The van der Waals surface area contributed by atoms with Crippen LogP contribution in [0.1, 0.15) is 9.75 Å². The molecule has 4 amide bonds. The molecule has 7 heteroatoms. The lowest BCUT2D eigenvalue weighted by atomic mass is 10.1. The molecule has 3 rings (SSSR count). The highest BCUT2D eigenvalue weighted by molar-refractivity contribution is 7.12. The number of aromatic nitrogens is 1. The lowest BCUT2D eigenvalue weighted by molar-refractivity contribution is -0.122. The van der Waals surface area contributed by atoms with E-state index in [1.54, 1.807) is 12.1 Å². The standard InChI is InChI=1S/C15H11N3O3S/c1-9-4-5-11(22-9)7-12-13(19)17-15(21)18(14(12)20)10-3-2-6-16-8-10/h2-8H,1H3,(H,17,19,21)/b12-7+. The van der Waals surface area contributed by atoms with Gasteiger partial charge in [0.1, 0.15) is 5.57 Å². The van der Waals surface area contributed by atoms with Gasteiger partial charge in [-0.2, -0.15) is 0 Å². The third-order valence-corrected chi connectivity index (χ3v) is 4.00. The number of barbiturate groups is 1. The number of aryl methyl sites for hydroxylation is 1. The molecule has 1 saturated heterocycles. The first-order chi connectivity index (χ1) is 10.6. The quantitative estimate of drug-likeness (QED) is 0.680. The lowest BCUT2D eigenvalue weighted by Gasteiger charge is -2.25. The van der Waals surface area contributed by atoms with E-state index in [1.165, 1.54) is 29.8 Å².